The summed E-state index contributed by atoms with van der Waals surface area (Å²) >= 11 is 6.29. The number of halogens is 2. The summed E-state index contributed by atoms with van der Waals surface area (Å²) in [6.45, 7) is 5.48. The van der Waals surface area contributed by atoms with E-state index in [0.717, 1.165) is 0 Å². The van der Waals surface area contributed by atoms with Crippen LogP contribution in [0.15, 0.2) is 39.5 Å². The second-order valence-corrected chi connectivity index (χ2v) is 11.3. The number of aryl methyl sites for hydroxylation is 1. The number of hydrogen-bond donors (Lipinski definition) is 1. The van der Waals surface area contributed by atoms with Gasteiger partial charge in [0.1, 0.15) is 5.58 Å². The average molecular weight is 539 g/mol. The van der Waals surface area contributed by atoms with E-state index in [1.807, 2.05) is 13.8 Å². The van der Waals surface area contributed by atoms with Crippen LogP contribution in [0.25, 0.3) is 11.0 Å². The summed E-state index contributed by atoms with van der Waals surface area (Å²) in [4.78, 5) is 25.9. The molecule has 0 aliphatic heterocycles. The summed E-state index contributed by atoms with van der Waals surface area (Å²) in [5.41, 5.74) is 0.0889. The highest BCUT2D eigenvalue weighted by atomic mass is 35.5. The minimum atomic E-state index is -3.73. The van der Waals surface area contributed by atoms with Gasteiger partial charge in [0.2, 0.25) is 10.0 Å². The van der Waals surface area contributed by atoms with E-state index in [0.29, 0.717) is 17.4 Å². The number of carbonyl (C=O) groups excluding carboxylic acids is 1. The molecule has 3 aromatic rings. The van der Waals surface area contributed by atoms with Gasteiger partial charge in [-0.2, -0.15) is 0 Å². The smallest absolute Gasteiger partial charge is 0.414 e. The molecule has 8 nitrogen and oxygen atoms in total. The van der Waals surface area contributed by atoms with E-state index in [2.05, 4.69) is 4.72 Å². The van der Waals surface area contributed by atoms with Crippen LogP contribution in [0, 0.1) is 18.7 Å². The van der Waals surface area contributed by atoms with Gasteiger partial charge < -0.3 is 14.1 Å². The molecular formula is C25H28ClFN2O6S. The first-order valence-electron chi connectivity index (χ1n) is 11.2. The fourth-order valence-electron chi connectivity index (χ4n) is 3.45. The van der Waals surface area contributed by atoms with Crippen molar-refractivity contribution in [1.29, 1.82) is 0 Å². The molecule has 2 aromatic carbocycles. The predicted octanol–water partition coefficient (Wildman–Crippen LogP) is 5.33. The number of hydrogen-bond acceptors (Lipinski definition) is 6. The van der Waals surface area contributed by atoms with E-state index in [1.54, 1.807) is 6.92 Å². The molecule has 0 atom stereocenters. The van der Waals surface area contributed by atoms with Crippen molar-refractivity contribution in [1.82, 2.24) is 4.90 Å². The number of carbonyl (C=O) groups is 1. The Bertz CT molecular complexity index is 1470. The molecule has 0 aliphatic carbocycles. The average Bonchev–Trinajstić information content (AvgIpc) is 2.78. The first-order valence-corrected chi connectivity index (χ1v) is 13.2. The summed E-state index contributed by atoms with van der Waals surface area (Å²) in [5.74, 6) is -0.693. The maximum atomic E-state index is 15.2. The fourth-order valence-corrected chi connectivity index (χ4v) is 5.03. The highest BCUT2D eigenvalue weighted by Crippen LogP contribution is 2.33. The number of ether oxygens (including phenoxy) is 1. The maximum absolute atomic E-state index is 15.2. The Labute approximate surface area is 214 Å². The highest BCUT2D eigenvalue weighted by molar-refractivity contribution is 7.92. The number of fused-ring (bicyclic) bond motifs is 1. The van der Waals surface area contributed by atoms with Crippen molar-refractivity contribution in [2.75, 3.05) is 24.6 Å². The van der Waals surface area contributed by atoms with Crippen LogP contribution < -0.4 is 15.1 Å². The zero-order chi connectivity index (χ0) is 26.8. The lowest BCUT2D eigenvalue weighted by molar-refractivity contribution is 0.172. The standard InChI is InChI=1S/C25H28ClFN2O6S/c1-14(2)9-10-36(32,33)28-20-8-6-7-16(23(20)27)11-18-15(3)17-12-19(26)22(35-25(31)29(4)5)13-21(17)34-24(18)30/h6-8,12-14,28H,9-11H2,1-5H3. The molecule has 1 heterocycles. The van der Waals surface area contributed by atoms with Gasteiger partial charge in [0.25, 0.3) is 0 Å². The Morgan fingerprint density at radius 1 is 1.25 bits per heavy atom. The topological polar surface area (TPSA) is 106 Å². The Balaban J connectivity index is 1.96. The number of benzene rings is 2. The minimum Gasteiger partial charge on any atom is -0.422 e. The number of sulfonamides is 1. The van der Waals surface area contributed by atoms with Gasteiger partial charge in [0.05, 0.1) is 16.5 Å². The van der Waals surface area contributed by atoms with Gasteiger partial charge in [-0.05, 0) is 42.5 Å². The molecule has 0 aliphatic rings. The lowest BCUT2D eigenvalue weighted by Crippen LogP contribution is -2.25. The highest BCUT2D eigenvalue weighted by Gasteiger charge is 2.20. The van der Waals surface area contributed by atoms with Crippen molar-refractivity contribution in [2.24, 2.45) is 5.92 Å². The van der Waals surface area contributed by atoms with Crippen molar-refractivity contribution in [2.45, 2.75) is 33.6 Å². The van der Waals surface area contributed by atoms with Crippen molar-refractivity contribution in [3.05, 3.63) is 68.3 Å². The molecule has 194 valence electrons. The van der Waals surface area contributed by atoms with Gasteiger partial charge in [-0.25, -0.2) is 22.4 Å². The third-order valence-corrected chi connectivity index (χ3v) is 7.18. The predicted molar refractivity (Wildman–Crippen MR) is 138 cm³/mol. The largest absolute Gasteiger partial charge is 0.422 e. The monoisotopic (exact) mass is 538 g/mol. The number of nitrogens with zero attached hydrogens (tertiary/aromatic N) is 1. The number of rotatable bonds is 8. The fraction of sp³-hybridized carbons (Fsp3) is 0.360. The van der Waals surface area contributed by atoms with Crippen LogP contribution in [0.4, 0.5) is 14.9 Å². The second kappa shape index (κ2) is 10.9. The van der Waals surface area contributed by atoms with Crippen LogP contribution >= 0.6 is 11.6 Å². The van der Waals surface area contributed by atoms with Crippen LogP contribution in [-0.4, -0.2) is 39.3 Å². The van der Waals surface area contributed by atoms with E-state index in [1.165, 1.54) is 49.3 Å². The maximum Gasteiger partial charge on any atom is 0.414 e. The van der Waals surface area contributed by atoms with Crippen molar-refractivity contribution in [3.8, 4) is 5.75 Å². The normalized spacial score (nSPS) is 11.7. The Kier molecular flexibility index (Phi) is 8.30. The Morgan fingerprint density at radius 3 is 2.58 bits per heavy atom. The Hall–Kier alpha value is -3.11. The van der Waals surface area contributed by atoms with Gasteiger partial charge in [-0.3, -0.25) is 4.72 Å². The molecule has 0 saturated heterocycles. The molecule has 0 spiro atoms. The number of nitrogens with one attached hydrogen (secondary N) is 1. The zero-order valence-corrected chi connectivity index (χ0v) is 22.2. The van der Waals surface area contributed by atoms with E-state index >= 15 is 4.39 Å². The van der Waals surface area contributed by atoms with Gasteiger partial charge in [-0.15, -0.1) is 0 Å². The van der Waals surface area contributed by atoms with E-state index in [-0.39, 0.29) is 51.3 Å². The summed E-state index contributed by atoms with van der Waals surface area (Å²) in [5, 5.41) is 0.620. The third kappa shape index (κ3) is 6.36. The van der Waals surface area contributed by atoms with Crippen molar-refractivity contribution >= 4 is 44.4 Å². The van der Waals surface area contributed by atoms with Gasteiger partial charge in [0.15, 0.2) is 11.6 Å². The molecule has 0 saturated carbocycles. The van der Waals surface area contributed by atoms with Gasteiger partial charge in [0, 0.05) is 37.5 Å². The first kappa shape index (κ1) is 27.5. The molecule has 1 N–H and O–H groups in total. The van der Waals surface area contributed by atoms with Crippen LogP contribution in [0.3, 0.4) is 0 Å². The van der Waals surface area contributed by atoms with Gasteiger partial charge >= 0.3 is 11.7 Å². The molecule has 0 fully saturated rings. The van der Waals surface area contributed by atoms with E-state index in [9.17, 15) is 18.0 Å². The molecule has 0 unspecified atom stereocenters. The first-order chi connectivity index (χ1) is 16.8. The quantitative estimate of drug-likeness (QED) is 0.388. The molecule has 3 rings (SSSR count). The molecule has 11 heteroatoms. The van der Waals surface area contributed by atoms with Crippen LogP contribution in [0.1, 0.15) is 37.0 Å². The van der Waals surface area contributed by atoms with Crippen LogP contribution in [-0.2, 0) is 16.4 Å². The van der Waals surface area contributed by atoms with E-state index in [4.69, 9.17) is 20.8 Å². The zero-order valence-electron chi connectivity index (χ0n) is 20.6. The minimum absolute atomic E-state index is 0.0293. The third-order valence-electron chi connectivity index (χ3n) is 5.58. The SMILES string of the molecule is Cc1c(Cc2cccc(NS(=O)(=O)CCC(C)C)c2F)c(=O)oc2cc(OC(=O)N(C)C)c(Cl)cc12. The van der Waals surface area contributed by atoms with Crippen LogP contribution in [0.2, 0.25) is 5.02 Å². The molecule has 1 amide bonds. The molecule has 36 heavy (non-hydrogen) atoms. The summed E-state index contributed by atoms with van der Waals surface area (Å²) < 4.78 is 52.9. The van der Waals surface area contributed by atoms with Crippen molar-refractivity contribution < 1.29 is 26.8 Å². The molecular weight excluding hydrogens is 511 g/mol. The number of amides is 1. The summed E-state index contributed by atoms with van der Waals surface area (Å²) in [6, 6.07) is 7.18. The second-order valence-electron chi connectivity index (χ2n) is 9.09. The van der Waals surface area contributed by atoms with E-state index < -0.39 is 27.6 Å². The summed E-state index contributed by atoms with van der Waals surface area (Å²) in [6.07, 6.45) is -0.346. The number of anilines is 1. The molecule has 1 aromatic heterocycles. The lowest BCUT2D eigenvalue weighted by Gasteiger charge is -2.14. The van der Waals surface area contributed by atoms with Crippen molar-refractivity contribution in [3.63, 3.8) is 0 Å². The Morgan fingerprint density at radius 2 is 1.94 bits per heavy atom. The molecule has 0 radical (unpaired) electrons. The van der Waals surface area contributed by atoms with Gasteiger partial charge in [-0.1, -0.05) is 37.6 Å². The lowest BCUT2D eigenvalue weighted by atomic mass is 9.99. The molecule has 0 bridgehead atoms. The van der Waals surface area contributed by atoms with Crippen LogP contribution in [0.5, 0.6) is 5.75 Å². The summed E-state index contributed by atoms with van der Waals surface area (Å²) in [7, 11) is -0.709.